The zero-order chi connectivity index (χ0) is 17.5. The van der Waals surface area contributed by atoms with Crippen molar-refractivity contribution in [1.82, 2.24) is 15.6 Å². The summed E-state index contributed by atoms with van der Waals surface area (Å²) in [5.41, 5.74) is 4.66. The molecule has 0 saturated heterocycles. The minimum Gasteiger partial charge on any atom is -0.352 e. The van der Waals surface area contributed by atoms with E-state index in [0.717, 1.165) is 28.8 Å². The number of nitrogens with zero attached hydrogens (tertiary/aromatic N) is 2. The number of thiazole rings is 1. The maximum absolute atomic E-state index is 4.69. The SMILES string of the molecule is CN=C(NCc1ccc(C)cc1)NCc1nc(-c2ccccc2)cs1.I. The molecule has 1 aromatic heterocycles. The summed E-state index contributed by atoms with van der Waals surface area (Å²) in [5, 5.41) is 9.78. The molecule has 2 aromatic carbocycles. The largest absolute Gasteiger partial charge is 0.352 e. The van der Waals surface area contributed by atoms with E-state index in [-0.39, 0.29) is 24.0 Å². The van der Waals surface area contributed by atoms with Gasteiger partial charge in [0.05, 0.1) is 12.2 Å². The summed E-state index contributed by atoms with van der Waals surface area (Å²) in [7, 11) is 1.78. The Morgan fingerprint density at radius 1 is 1.00 bits per heavy atom. The summed E-state index contributed by atoms with van der Waals surface area (Å²) in [4.78, 5) is 8.96. The molecular weight excluding hydrogens is 455 g/mol. The monoisotopic (exact) mass is 478 g/mol. The van der Waals surface area contributed by atoms with Gasteiger partial charge in [0, 0.05) is 24.5 Å². The minimum absolute atomic E-state index is 0. The van der Waals surface area contributed by atoms with Gasteiger partial charge < -0.3 is 10.6 Å². The van der Waals surface area contributed by atoms with E-state index in [1.54, 1.807) is 18.4 Å². The van der Waals surface area contributed by atoms with E-state index in [9.17, 15) is 0 Å². The Labute approximate surface area is 175 Å². The lowest BCUT2D eigenvalue weighted by molar-refractivity contribution is 0.805. The lowest BCUT2D eigenvalue weighted by atomic mass is 10.1. The number of rotatable bonds is 5. The van der Waals surface area contributed by atoms with E-state index in [4.69, 9.17) is 0 Å². The first kappa shape index (κ1) is 20.4. The number of hydrogen-bond acceptors (Lipinski definition) is 3. The van der Waals surface area contributed by atoms with Crippen LogP contribution in [0.3, 0.4) is 0 Å². The molecule has 6 heteroatoms. The summed E-state index contributed by atoms with van der Waals surface area (Å²) in [6.07, 6.45) is 0. The number of guanidine groups is 1. The van der Waals surface area contributed by atoms with E-state index >= 15 is 0 Å². The molecular formula is C20H23IN4S. The summed E-state index contributed by atoms with van der Waals surface area (Å²) in [6.45, 7) is 3.49. The van der Waals surface area contributed by atoms with Crippen molar-refractivity contribution < 1.29 is 0 Å². The molecule has 136 valence electrons. The third kappa shape index (κ3) is 5.81. The smallest absolute Gasteiger partial charge is 0.191 e. The van der Waals surface area contributed by atoms with Crippen LogP contribution in [0, 0.1) is 6.92 Å². The van der Waals surface area contributed by atoms with Crippen LogP contribution in [0.1, 0.15) is 16.1 Å². The van der Waals surface area contributed by atoms with Crippen molar-refractivity contribution in [2.45, 2.75) is 20.0 Å². The number of halogens is 1. The molecule has 0 amide bonds. The van der Waals surface area contributed by atoms with E-state index < -0.39 is 0 Å². The Morgan fingerprint density at radius 3 is 2.38 bits per heavy atom. The van der Waals surface area contributed by atoms with Gasteiger partial charge in [-0.3, -0.25) is 4.99 Å². The van der Waals surface area contributed by atoms with Crippen LogP contribution in [0.5, 0.6) is 0 Å². The van der Waals surface area contributed by atoms with Crippen molar-refractivity contribution in [3.05, 3.63) is 76.1 Å². The van der Waals surface area contributed by atoms with E-state index in [2.05, 4.69) is 69.3 Å². The maximum atomic E-state index is 4.69. The normalized spacial score (nSPS) is 10.9. The lowest BCUT2D eigenvalue weighted by Crippen LogP contribution is -2.36. The van der Waals surface area contributed by atoms with Crippen LogP contribution in [-0.4, -0.2) is 18.0 Å². The second-order valence-electron chi connectivity index (χ2n) is 5.76. The fourth-order valence-electron chi connectivity index (χ4n) is 2.41. The van der Waals surface area contributed by atoms with Gasteiger partial charge in [-0.1, -0.05) is 60.2 Å². The summed E-state index contributed by atoms with van der Waals surface area (Å²) in [6, 6.07) is 18.7. The second kappa shape index (κ2) is 10.3. The lowest BCUT2D eigenvalue weighted by Gasteiger charge is -2.11. The molecule has 4 nitrogen and oxygen atoms in total. The Bertz CT molecular complexity index is 829. The second-order valence-corrected chi connectivity index (χ2v) is 6.70. The third-order valence-corrected chi connectivity index (χ3v) is 4.68. The fraction of sp³-hybridized carbons (Fsp3) is 0.200. The van der Waals surface area contributed by atoms with E-state index in [0.29, 0.717) is 6.54 Å². The third-order valence-electron chi connectivity index (χ3n) is 3.83. The molecule has 0 fully saturated rings. The Kier molecular flexibility index (Phi) is 8.06. The predicted octanol–water partition coefficient (Wildman–Crippen LogP) is 4.60. The first-order chi connectivity index (χ1) is 12.2. The minimum atomic E-state index is 0. The van der Waals surface area contributed by atoms with Gasteiger partial charge in [-0.15, -0.1) is 35.3 Å². The van der Waals surface area contributed by atoms with Gasteiger partial charge in [-0.05, 0) is 12.5 Å². The highest BCUT2D eigenvalue weighted by molar-refractivity contribution is 14.0. The molecule has 0 atom stereocenters. The van der Waals surface area contributed by atoms with E-state index in [1.165, 1.54) is 11.1 Å². The van der Waals surface area contributed by atoms with Crippen molar-refractivity contribution in [2.75, 3.05) is 7.05 Å². The number of hydrogen-bond donors (Lipinski definition) is 2. The van der Waals surface area contributed by atoms with Crippen LogP contribution in [0.15, 0.2) is 65.0 Å². The Morgan fingerprint density at radius 2 is 1.69 bits per heavy atom. The predicted molar refractivity (Wildman–Crippen MR) is 121 cm³/mol. The van der Waals surface area contributed by atoms with Gasteiger partial charge in [-0.25, -0.2) is 4.98 Å². The summed E-state index contributed by atoms with van der Waals surface area (Å²) < 4.78 is 0. The highest BCUT2D eigenvalue weighted by Gasteiger charge is 2.05. The number of benzene rings is 2. The van der Waals surface area contributed by atoms with Crippen molar-refractivity contribution >= 4 is 41.3 Å². The van der Waals surface area contributed by atoms with Crippen LogP contribution in [-0.2, 0) is 13.1 Å². The summed E-state index contributed by atoms with van der Waals surface area (Å²) in [5.74, 6) is 0.775. The van der Waals surface area contributed by atoms with Crippen molar-refractivity contribution in [2.24, 2.45) is 4.99 Å². The fourth-order valence-corrected chi connectivity index (χ4v) is 3.15. The quantitative estimate of drug-likeness (QED) is 0.320. The number of aromatic nitrogens is 1. The highest BCUT2D eigenvalue weighted by atomic mass is 127. The zero-order valence-corrected chi connectivity index (χ0v) is 18.0. The average Bonchev–Trinajstić information content (AvgIpc) is 3.13. The number of nitrogens with one attached hydrogen (secondary N) is 2. The van der Waals surface area contributed by atoms with Crippen LogP contribution >= 0.6 is 35.3 Å². The van der Waals surface area contributed by atoms with Gasteiger partial charge in [0.2, 0.25) is 0 Å². The van der Waals surface area contributed by atoms with Crippen LogP contribution < -0.4 is 10.6 Å². The Hall–Kier alpha value is -1.93. The molecule has 0 spiro atoms. The van der Waals surface area contributed by atoms with Crippen LogP contribution in [0.2, 0.25) is 0 Å². The molecule has 0 aliphatic carbocycles. The first-order valence-electron chi connectivity index (χ1n) is 8.24. The highest BCUT2D eigenvalue weighted by Crippen LogP contribution is 2.21. The molecule has 0 aliphatic heterocycles. The molecule has 3 rings (SSSR count). The van der Waals surface area contributed by atoms with Crippen molar-refractivity contribution in [3.8, 4) is 11.3 Å². The van der Waals surface area contributed by atoms with Gasteiger partial charge >= 0.3 is 0 Å². The van der Waals surface area contributed by atoms with E-state index in [1.807, 2.05) is 18.2 Å². The molecule has 26 heavy (non-hydrogen) atoms. The molecule has 2 N–H and O–H groups in total. The summed E-state index contributed by atoms with van der Waals surface area (Å²) >= 11 is 1.66. The molecule has 3 aromatic rings. The van der Waals surface area contributed by atoms with Crippen molar-refractivity contribution in [1.29, 1.82) is 0 Å². The Balaban J connectivity index is 0.00000243. The van der Waals surface area contributed by atoms with Gasteiger partial charge in [0.15, 0.2) is 5.96 Å². The number of aryl methyl sites for hydroxylation is 1. The topological polar surface area (TPSA) is 49.3 Å². The molecule has 0 saturated carbocycles. The molecule has 0 radical (unpaired) electrons. The molecule has 0 aliphatic rings. The molecule has 1 heterocycles. The van der Waals surface area contributed by atoms with Crippen molar-refractivity contribution in [3.63, 3.8) is 0 Å². The average molecular weight is 478 g/mol. The number of aliphatic imine (C=N–C) groups is 1. The first-order valence-corrected chi connectivity index (χ1v) is 9.12. The maximum Gasteiger partial charge on any atom is 0.191 e. The van der Waals surface area contributed by atoms with Gasteiger partial charge in [0.1, 0.15) is 5.01 Å². The zero-order valence-electron chi connectivity index (χ0n) is 14.9. The standard InChI is InChI=1S/C20H22N4S.HI/c1-15-8-10-16(11-9-15)12-22-20(21-2)23-13-19-24-18(14-25-19)17-6-4-3-5-7-17;/h3-11,14H,12-13H2,1-2H3,(H2,21,22,23);1H. The van der Waals surface area contributed by atoms with Crippen LogP contribution in [0.4, 0.5) is 0 Å². The van der Waals surface area contributed by atoms with Crippen LogP contribution in [0.25, 0.3) is 11.3 Å². The molecule has 0 unspecified atom stereocenters. The van der Waals surface area contributed by atoms with Gasteiger partial charge in [0.25, 0.3) is 0 Å². The molecule has 0 bridgehead atoms. The van der Waals surface area contributed by atoms with Gasteiger partial charge in [-0.2, -0.15) is 0 Å².